The van der Waals surface area contributed by atoms with Crippen molar-refractivity contribution in [1.82, 2.24) is 9.55 Å². The molecular formula is C57H37N3O. The fraction of sp³-hybridized carbons (Fsp3) is 0. The Bertz CT molecular complexity index is 3590. The van der Waals surface area contributed by atoms with E-state index in [2.05, 4.69) is 198 Å². The summed E-state index contributed by atoms with van der Waals surface area (Å²) in [6, 6.07) is 80.1. The Balaban J connectivity index is 1.15. The van der Waals surface area contributed by atoms with Gasteiger partial charge in [0.1, 0.15) is 5.52 Å². The van der Waals surface area contributed by atoms with E-state index in [-0.39, 0.29) is 0 Å². The molecule has 0 saturated carbocycles. The van der Waals surface area contributed by atoms with Crippen molar-refractivity contribution in [2.24, 2.45) is 0 Å². The van der Waals surface area contributed by atoms with Crippen LogP contribution in [0, 0.1) is 0 Å². The Morgan fingerprint density at radius 3 is 1.77 bits per heavy atom. The van der Waals surface area contributed by atoms with E-state index in [1.165, 1.54) is 43.7 Å². The van der Waals surface area contributed by atoms with Gasteiger partial charge in [-0.2, -0.15) is 0 Å². The van der Waals surface area contributed by atoms with Crippen molar-refractivity contribution < 1.29 is 4.42 Å². The van der Waals surface area contributed by atoms with Gasteiger partial charge in [-0.05, 0) is 82.7 Å². The Kier molecular flexibility index (Phi) is 8.13. The van der Waals surface area contributed by atoms with Gasteiger partial charge in [-0.25, -0.2) is 4.98 Å². The lowest BCUT2D eigenvalue weighted by Gasteiger charge is -2.29. The summed E-state index contributed by atoms with van der Waals surface area (Å²) in [7, 11) is 0. The number of rotatable bonds is 7. The zero-order valence-corrected chi connectivity index (χ0v) is 33.1. The zero-order chi connectivity index (χ0) is 40.3. The standard InChI is InChI=1S/C57H37N3O/c1-4-18-38(19-5-1)43-34-35-53(46-27-11-10-26-45(43)46)59(42-25-16-22-40(36-42)44-31-17-32-51-56(44)61-57(58-51)39-20-6-2-7-21-39)54-37-50-48-29-14-15-33-52(48)60(41-23-8-3-9-24-41)55(50)49-30-13-12-28-47(49)54/h1-37H. The molecule has 286 valence electrons. The number of hydrogen-bond donors (Lipinski definition) is 0. The lowest BCUT2D eigenvalue weighted by molar-refractivity contribution is 0.621. The van der Waals surface area contributed by atoms with Crippen LogP contribution in [0.5, 0.6) is 0 Å². The molecule has 4 heteroatoms. The van der Waals surface area contributed by atoms with Crippen LogP contribution in [0.1, 0.15) is 0 Å². The molecule has 0 amide bonds. The zero-order valence-electron chi connectivity index (χ0n) is 33.1. The number of anilines is 3. The van der Waals surface area contributed by atoms with Gasteiger partial charge in [-0.3, -0.25) is 0 Å². The second-order valence-corrected chi connectivity index (χ2v) is 15.5. The summed E-state index contributed by atoms with van der Waals surface area (Å²) in [4.78, 5) is 7.39. The Labute approximate surface area is 352 Å². The van der Waals surface area contributed by atoms with Crippen LogP contribution in [0.2, 0.25) is 0 Å². The van der Waals surface area contributed by atoms with Crippen molar-refractivity contribution in [2.75, 3.05) is 4.90 Å². The number of oxazole rings is 1. The molecule has 4 nitrogen and oxygen atoms in total. The minimum absolute atomic E-state index is 0.611. The Hall–Kier alpha value is -8.21. The topological polar surface area (TPSA) is 34.2 Å². The summed E-state index contributed by atoms with van der Waals surface area (Å²) in [5.74, 6) is 0.611. The predicted molar refractivity (Wildman–Crippen MR) is 254 cm³/mol. The van der Waals surface area contributed by atoms with E-state index in [1.807, 2.05) is 36.4 Å². The number of para-hydroxylation sites is 3. The first-order chi connectivity index (χ1) is 30.3. The molecule has 0 unspecified atom stereocenters. The normalized spacial score (nSPS) is 11.6. The molecular weight excluding hydrogens is 743 g/mol. The molecule has 2 heterocycles. The van der Waals surface area contributed by atoms with E-state index in [9.17, 15) is 0 Å². The Morgan fingerprint density at radius 1 is 0.393 bits per heavy atom. The van der Waals surface area contributed by atoms with Crippen LogP contribution in [0.25, 0.3) is 93.8 Å². The monoisotopic (exact) mass is 779 g/mol. The van der Waals surface area contributed by atoms with Crippen molar-refractivity contribution in [2.45, 2.75) is 0 Å². The molecule has 0 aliphatic rings. The summed E-state index contributed by atoms with van der Waals surface area (Å²) in [5, 5.41) is 7.09. The number of nitrogens with zero attached hydrogens (tertiary/aromatic N) is 3. The maximum atomic E-state index is 6.58. The van der Waals surface area contributed by atoms with E-state index < -0.39 is 0 Å². The van der Waals surface area contributed by atoms with Crippen molar-refractivity contribution in [3.8, 4) is 39.4 Å². The predicted octanol–water partition coefficient (Wildman–Crippen LogP) is 15.7. The van der Waals surface area contributed by atoms with Crippen molar-refractivity contribution in [1.29, 1.82) is 0 Å². The van der Waals surface area contributed by atoms with Crippen molar-refractivity contribution >= 4 is 71.5 Å². The quantitative estimate of drug-likeness (QED) is 0.162. The van der Waals surface area contributed by atoms with Gasteiger partial charge in [0.2, 0.25) is 5.89 Å². The summed E-state index contributed by atoms with van der Waals surface area (Å²) in [6.45, 7) is 0. The highest BCUT2D eigenvalue weighted by molar-refractivity contribution is 6.23. The van der Waals surface area contributed by atoms with Gasteiger partial charge in [0, 0.05) is 49.4 Å². The maximum Gasteiger partial charge on any atom is 0.227 e. The third kappa shape index (κ3) is 5.72. The van der Waals surface area contributed by atoms with Crippen LogP contribution < -0.4 is 4.90 Å². The van der Waals surface area contributed by atoms with Crippen LogP contribution in [-0.2, 0) is 0 Å². The fourth-order valence-corrected chi connectivity index (χ4v) is 9.28. The highest BCUT2D eigenvalue weighted by Gasteiger charge is 2.24. The van der Waals surface area contributed by atoms with Gasteiger partial charge in [-0.15, -0.1) is 0 Å². The minimum atomic E-state index is 0.611. The third-order valence-electron chi connectivity index (χ3n) is 12.0. The molecule has 0 radical (unpaired) electrons. The maximum absolute atomic E-state index is 6.58. The lowest BCUT2D eigenvalue weighted by Crippen LogP contribution is -2.11. The van der Waals surface area contributed by atoms with E-state index in [4.69, 9.17) is 9.40 Å². The molecule has 0 aliphatic carbocycles. The van der Waals surface area contributed by atoms with Gasteiger partial charge < -0.3 is 13.9 Å². The molecule has 2 aromatic heterocycles. The molecule has 0 spiro atoms. The van der Waals surface area contributed by atoms with Crippen LogP contribution in [0.3, 0.4) is 0 Å². The third-order valence-corrected chi connectivity index (χ3v) is 12.0. The van der Waals surface area contributed by atoms with Crippen LogP contribution in [-0.4, -0.2) is 9.55 Å². The first-order valence-corrected chi connectivity index (χ1v) is 20.7. The van der Waals surface area contributed by atoms with Gasteiger partial charge in [0.25, 0.3) is 0 Å². The molecule has 0 aliphatic heterocycles. The number of fused-ring (bicyclic) bond motifs is 7. The smallest absolute Gasteiger partial charge is 0.227 e. The van der Waals surface area contributed by atoms with Crippen LogP contribution in [0.15, 0.2) is 229 Å². The minimum Gasteiger partial charge on any atom is -0.435 e. The summed E-state index contributed by atoms with van der Waals surface area (Å²) in [5.41, 5.74) is 13.7. The van der Waals surface area contributed by atoms with E-state index >= 15 is 0 Å². The van der Waals surface area contributed by atoms with Crippen LogP contribution in [0.4, 0.5) is 17.1 Å². The first-order valence-electron chi connectivity index (χ1n) is 20.7. The van der Waals surface area contributed by atoms with Gasteiger partial charge in [0.15, 0.2) is 5.58 Å². The molecule has 0 N–H and O–H groups in total. The molecule has 12 aromatic rings. The van der Waals surface area contributed by atoms with Gasteiger partial charge >= 0.3 is 0 Å². The molecule has 61 heavy (non-hydrogen) atoms. The van der Waals surface area contributed by atoms with Crippen LogP contribution >= 0.6 is 0 Å². The summed E-state index contributed by atoms with van der Waals surface area (Å²) < 4.78 is 9.00. The van der Waals surface area contributed by atoms with Gasteiger partial charge in [-0.1, -0.05) is 164 Å². The molecule has 0 fully saturated rings. The first kappa shape index (κ1) is 34.8. The van der Waals surface area contributed by atoms with Crippen molar-refractivity contribution in [3.63, 3.8) is 0 Å². The average molecular weight is 780 g/mol. The SMILES string of the molecule is c1ccc(-c2nc3cccc(-c4cccc(N(c5ccc(-c6ccccc6)c6ccccc56)c5cc6c7ccccc7n(-c7ccccc7)c6c6ccccc56)c4)c3o2)cc1. The lowest BCUT2D eigenvalue weighted by atomic mass is 9.95. The summed E-state index contributed by atoms with van der Waals surface area (Å²) in [6.07, 6.45) is 0. The highest BCUT2D eigenvalue weighted by atomic mass is 16.3. The highest BCUT2D eigenvalue weighted by Crippen LogP contribution is 2.48. The fourth-order valence-electron chi connectivity index (χ4n) is 9.28. The largest absolute Gasteiger partial charge is 0.435 e. The van der Waals surface area contributed by atoms with E-state index in [1.54, 1.807) is 0 Å². The molecule has 12 rings (SSSR count). The number of hydrogen-bond acceptors (Lipinski definition) is 3. The molecule has 0 bridgehead atoms. The molecule has 10 aromatic carbocycles. The van der Waals surface area contributed by atoms with E-state index in [0.29, 0.717) is 5.89 Å². The van der Waals surface area contributed by atoms with Gasteiger partial charge in [0.05, 0.1) is 22.4 Å². The molecule has 0 atom stereocenters. The number of benzene rings is 10. The second kappa shape index (κ2) is 14.3. The van der Waals surface area contributed by atoms with E-state index in [0.717, 1.165) is 61.3 Å². The second-order valence-electron chi connectivity index (χ2n) is 15.5. The molecule has 0 saturated heterocycles. The van der Waals surface area contributed by atoms with Crippen molar-refractivity contribution in [3.05, 3.63) is 224 Å². The number of aromatic nitrogens is 2. The summed E-state index contributed by atoms with van der Waals surface area (Å²) >= 11 is 0. The average Bonchev–Trinajstić information content (AvgIpc) is 3.93. The Morgan fingerprint density at radius 2 is 1.00 bits per heavy atom.